The smallest absolute Gasteiger partial charge is 0.0547 e. The Balaban J connectivity index is 1.75. The van der Waals surface area contributed by atoms with Gasteiger partial charge in [0, 0.05) is 31.0 Å². The van der Waals surface area contributed by atoms with Crippen molar-refractivity contribution in [2.45, 2.75) is 20.4 Å². The Hall–Kier alpha value is -1.87. The Morgan fingerprint density at radius 1 is 1.05 bits per heavy atom. The highest BCUT2D eigenvalue weighted by molar-refractivity contribution is 5.44. The van der Waals surface area contributed by atoms with Crippen LogP contribution in [0.3, 0.4) is 0 Å². The Labute approximate surface area is 121 Å². The van der Waals surface area contributed by atoms with E-state index in [0.29, 0.717) is 0 Å². The molecule has 0 aliphatic heterocycles. The van der Waals surface area contributed by atoms with Crippen LogP contribution in [0.2, 0.25) is 0 Å². The summed E-state index contributed by atoms with van der Waals surface area (Å²) < 4.78 is 0. The molecule has 2 rings (SSSR count). The summed E-state index contributed by atoms with van der Waals surface area (Å²) in [7, 11) is 2.13. The standard InChI is InChI=1S/C17H23N3/c1-14-7-9-16(10-8-14)18-11-12-20(3)13-17-6-4-5-15(2)19-17/h4-10,18H,11-13H2,1-3H3. The van der Waals surface area contributed by atoms with Crippen LogP contribution >= 0.6 is 0 Å². The van der Waals surface area contributed by atoms with Gasteiger partial charge in [-0.15, -0.1) is 0 Å². The Bertz CT molecular complexity index is 534. The topological polar surface area (TPSA) is 28.2 Å². The lowest BCUT2D eigenvalue weighted by Crippen LogP contribution is -2.25. The molecule has 0 aliphatic rings. The third-order valence-electron chi connectivity index (χ3n) is 3.25. The van der Waals surface area contributed by atoms with E-state index in [2.05, 4.69) is 65.6 Å². The van der Waals surface area contributed by atoms with Crippen LogP contribution in [-0.4, -0.2) is 30.0 Å². The maximum absolute atomic E-state index is 4.53. The minimum absolute atomic E-state index is 0.886. The van der Waals surface area contributed by atoms with E-state index in [4.69, 9.17) is 0 Å². The zero-order valence-electron chi connectivity index (χ0n) is 12.6. The van der Waals surface area contributed by atoms with Crippen molar-refractivity contribution in [3.8, 4) is 0 Å². The van der Waals surface area contributed by atoms with Gasteiger partial charge in [0.1, 0.15) is 0 Å². The Morgan fingerprint density at radius 2 is 1.80 bits per heavy atom. The first-order chi connectivity index (χ1) is 9.63. The van der Waals surface area contributed by atoms with Crippen molar-refractivity contribution in [2.75, 3.05) is 25.5 Å². The normalized spacial score (nSPS) is 10.8. The zero-order valence-corrected chi connectivity index (χ0v) is 12.6. The number of anilines is 1. The van der Waals surface area contributed by atoms with E-state index in [1.807, 2.05) is 13.0 Å². The van der Waals surface area contributed by atoms with Crippen LogP contribution in [0.1, 0.15) is 17.0 Å². The lowest BCUT2D eigenvalue weighted by molar-refractivity contribution is 0.335. The Kier molecular flexibility index (Phi) is 5.13. The minimum atomic E-state index is 0.886. The third-order valence-corrected chi connectivity index (χ3v) is 3.25. The number of aromatic nitrogens is 1. The van der Waals surface area contributed by atoms with Gasteiger partial charge in [0.05, 0.1) is 5.69 Å². The molecule has 1 aromatic carbocycles. The van der Waals surface area contributed by atoms with E-state index in [1.54, 1.807) is 0 Å². The molecule has 0 aliphatic carbocycles. The second-order valence-corrected chi connectivity index (χ2v) is 5.30. The molecule has 1 aromatic heterocycles. The predicted molar refractivity (Wildman–Crippen MR) is 85.0 cm³/mol. The summed E-state index contributed by atoms with van der Waals surface area (Å²) in [5.74, 6) is 0. The van der Waals surface area contributed by atoms with E-state index in [-0.39, 0.29) is 0 Å². The molecule has 1 heterocycles. The predicted octanol–water partition coefficient (Wildman–Crippen LogP) is 3.24. The molecular weight excluding hydrogens is 246 g/mol. The van der Waals surface area contributed by atoms with Gasteiger partial charge in [-0.25, -0.2) is 0 Å². The van der Waals surface area contributed by atoms with Crippen LogP contribution in [0, 0.1) is 13.8 Å². The van der Waals surface area contributed by atoms with Gasteiger partial charge in [0.25, 0.3) is 0 Å². The molecule has 1 N–H and O–H groups in total. The molecule has 3 heteroatoms. The van der Waals surface area contributed by atoms with E-state index in [0.717, 1.165) is 31.0 Å². The number of rotatable bonds is 6. The summed E-state index contributed by atoms with van der Waals surface area (Å²) in [6.07, 6.45) is 0. The van der Waals surface area contributed by atoms with Crippen molar-refractivity contribution in [1.29, 1.82) is 0 Å². The van der Waals surface area contributed by atoms with E-state index >= 15 is 0 Å². The monoisotopic (exact) mass is 269 g/mol. The summed E-state index contributed by atoms with van der Waals surface area (Å²) in [5.41, 5.74) is 4.67. The van der Waals surface area contributed by atoms with Crippen LogP contribution in [0.4, 0.5) is 5.69 Å². The second-order valence-electron chi connectivity index (χ2n) is 5.30. The maximum atomic E-state index is 4.53. The first kappa shape index (κ1) is 14.5. The molecule has 106 valence electrons. The number of pyridine rings is 1. The van der Waals surface area contributed by atoms with Crippen molar-refractivity contribution in [3.63, 3.8) is 0 Å². The summed E-state index contributed by atoms with van der Waals surface area (Å²) in [6.45, 7) is 6.95. The highest BCUT2D eigenvalue weighted by Crippen LogP contribution is 2.08. The fraction of sp³-hybridized carbons (Fsp3) is 0.353. The number of nitrogens with zero attached hydrogens (tertiary/aromatic N) is 2. The van der Waals surface area contributed by atoms with Crippen LogP contribution in [0.25, 0.3) is 0 Å². The first-order valence-electron chi connectivity index (χ1n) is 7.05. The van der Waals surface area contributed by atoms with E-state index in [9.17, 15) is 0 Å². The molecule has 3 nitrogen and oxygen atoms in total. The lowest BCUT2D eigenvalue weighted by Gasteiger charge is -2.17. The lowest BCUT2D eigenvalue weighted by atomic mass is 10.2. The second kappa shape index (κ2) is 7.06. The van der Waals surface area contributed by atoms with Gasteiger partial charge in [0.2, 0.25) is 0 Å². The molecule has 0 radical (unpaired) electrons. The molecule has 0 atom stereocenters. The number of benzene rings is 1. The fourth-order valence-electron chi connectivity index (χ4n) is 2.11. The summed E-state index contributed by atoms with van der Waals surface area (Å²) >= 11 is 0. The molecule has 0 amide bonds. The molecule has 20 heavy (non-hydrogen) atoms. The van der Waals surface area contributed by atoms with E-state index in [1.165, 1.54) is 11.3 Å². The van der Waals surface area contributed by atoms with Crippen molar-refractivity contribution >= 4 is 5.69 Å². The molecule has 2 aromatic rings. The third kappa shape index (κ3) is 4.67. The number of hydrogen-bond donors (Lipinski definition) is 1. The summed E-state index contributed by atoms with van der Waals surface area (Å²) in [4.78, 5) is 6.81. The summed E-state index contributed by atoms with van der Waals surface area (Å²) in [5, 5.41) is 3.44. The quantitative estimate of drug-likeness (QED) is 0.872. The molecule has 0 fully saturated rings. The Morgan fingerprint density at radius 3 is 2.50 bits per heavy atom. The zero-order chi connectivity index (χ0) is 14.4. The van der Waals surface area contributed by atoms with Gasteiger partial charge in [-0.1, -0.05) is 23.8 Å². The van der Waals surface area contributed by atoms with Gasteiger partial charge in [-0.2, -0.15) is 0 Å². The number of likely N-dealkylation sites (N-methyl/N-ethyl adjacent to an activating group) is 1. The molecule has 0 spiro atoms. The first-order valence-corrected chi connectivity index (χ1v) is 7.05. The van der Waals surface area contributed by atoms with Gasteiger partial charge < -0.3 is 5.32 Å². The van der Waals surface area contributed by atoms with Gasteiger partial charge >= 0.3 is 0 Å². The highest BCUT2D eigenvalue weighted by Gasteiger charge is 2.01. The van der Waals surface area contributed by atoms with Crippen LogP contribution in [-0.2, 0) is 6.54 Å². The van der Waals surface area contributed by atoms with Crippen LogP contribution < -0.4 is 5.32 Å². The molecule has 0 unspecified atom stereocenters. The van der Waals surface area contributed by atoms with Crippen LogP contribution in [0.5, 0.6) is 0 Å². The van der Waals surface area contributed by atoms with Gasteiger partial charge in [-0.05, 0) is 45.2 Å². The highest BCUT2D eigenvalue weighted by atomic mass is 15.1. The molecular formula is C17H23N3. The average molecular weight is 269 g/mol. The molecule has 0 saturated heterocycles. The van der Waals surface area contributed by atoms with Crippen molar-refractivity contribution in [3.05, 3.63) is 59.4 Å². The number of nitrogens with one attached hydrogen (secondary N) is 1. The SMILES string of the molecule is Cc1ccc(NCCN(C)Cc2cccc(C)n2)cc1. The van der Waals surface area contributed by atoms with E-state index < -0.39 is 0 Å². The fourth-order valence-corrected chi connectivity index (χ4v) is 2.11. The molecule has 0 saturated carbocycles. The maximum Gasteiger partial charge on any atom is 0.0547 e. The number of hydrogen-bond acceptors (Lipinski definition) is 3. The minimum Gasteiger partial charge on any atom is -0.384 e. The van der Waals surface area contributed by atoms with Crippen molar-refractivity contribution < 1.29 is 0 Å². The number of aryl methyl sites for hydroxylation is 2. The average Bonchev–Trinajstić information content (AvgIpc) is 2.41. The summed E-state index contributed by atoms with van der Waals surface area (Å²) in [6, 6.07) is 14.7. The van der Waals surface area contributed by atoms with Crippen LogP contribution in [0.15, 0.2) is 42.5 Å². The van der Waals surface area contributed by atoms with Gasteiger partial charge in [0.15, 0.2) is 0 Å². The van der Waals surface area contributed by atoms with Crippen molar-refractivity contribution in [2.24, 2.45) is 0 Å². The van der Waals surface area contributed by atoms with Gasteiger partial charge in [-0.3, -0.25) is 9.88 Å². The largest absolute Gasteiger partial charge is 0.384 e. The molecule has 0 bridgehead atoms. The van der Waals surface area contributed by atoms with Crippen molar-refractivity contribution in [1.82, 2.24) is 9.88 Å².